The third-order valence-electron chi connectivity index (χ3n) is 4.36. The summed E-state index contributed by atoms with van der Waals surface area (Å²) in [6.45, 7) is 5.86. The van der Waals surface area contributed by atoms with Gasteiger partial charge in [0.15, 0.2) is 5.13 Å². The molecular weight excluding hydrogens is 348 g/mol. The Labute approximate surface area is 157 Å². The lowest BCUT2D eigenvalue weighted by Gasteiger charge is -2.20. The lowest BCUT2D eigenvalue weighted by atomic mass is 10.1. The number of amides is 1. The minimum absolute atomic E-state index is 0.0253. The minimum Gasteiger partial charge on any atom is -0.309 e. The van der Waals surface area contributed by atoms with Crippen LogP contribution < -0.4 is 4.90 Å². The van der Waals surface area contributed by atoms with E-state index < -0.39 is 0 Å². The van der Waals surface area contributed by atoms with Gasteiger partial charge < -0.3 is 4.90 Å². The van der Waals surface area contributed by atoms with Gasteiger partial charge in [-0.05, 0) is 58.1 Å². The molecule has 2 heterocycles. The van der Waals surface area contributed by atoms with Crippen molar-refractivity contribution in [2.24, 2.45) is 0 Å². The summed E-state index contributed by atoms with van der Waals surface area (Å²) in [7, 11) is 4.07. The SMILES string of the molecule is Cc1ccc2sc(N(CCCN(C)C)C(=O)Cn3cncn3)nc2c1C. The molecule has 1 amide bonds. The molecule has 138 valence electrons. The van der Waals surface area contributed by atoms with Crippen molar-refractivity contribution in [2.75, 3.05) is 32.1 Å². The summed E-state index contributed by atoms with van der Waals surface area (Å²) >= 11 is 1.56. The summed E-state index contributed by atoms with van der Waals surface area (Å²) in [5.41, 5.74) is 3.36. The van der Waals surface area contributed by atoms with Gasteiger partial charge in [-0.25, -0.2) is 14.6 Å². The molecule has 1 aromatic carbocycles. The molecule has 2 aromatic heterocycles. The highest BCUT2D eigenvalue weighted by molar-refractivity contribution is 7.22. The van der Waals surface area contributed by atoms with E-state index in [2.05, 4.69) is 41.0 Å². The first-order valence-corrected chi connectivity index (χ1v) is 9.41. The van der Waals surface area contributed by atoms with Crippen LogP contribution in [0.15, 0.2) is 24.8 Å². The number of hydrogen-bond acceptors (Lipinski definition) is 6. The molecule has 0 saturated carbocycles. The quantitative estimate of drug-likeness (QED) is 0.637. The van der Waals surface area contributed by atoms with E-state index in [0.29, 0.717) is 6.54 Å². The van der Waals surface area contributed by atoms with E-state index in [1.807, 2.05) is 14.1 Å². The van der Waals surface area contributed by atoms with Gasteiger partial charge in [0.1, 0.15) is 19.2 Å². The van der Waals surface area contributed by atoms with Crippen LogP contribution in [0.4, 0.5) is 5.13 Å². The van der Waals surface area contributed by atoms with Crippen LogP contribution in [0.3, 0.4) is 0 Å². The number of nitrogens with zero attached hydrogens (tertiary/aromatic N) is 6. The number of rotatable bonds is 7. The summed E-state index contributed by atoms with van der Waals surface area (Å²) in [5, 5.41) is 4.79. The van der Waals surface area contributed by atoms with Gasteiger partial charge in [0.2, 0.25) is 0 Å². The highest BCUT2D eigenvalue weighted by Crippen LogP contribution is 2.32. The standard InChI is InChI=1S/C18H24N6OS/c1-13-6-7-15-17(14(13)2)21-18(26-15)24(9-5-8-22(3)4)16(25)10-23-12-19-11-20-23/h6-7,11-12H,5,8-10H2,1-4H3. The molecule has 3 rings (SSSR count). The molecule has 8 heteroatoms. The van der Waals surface area contributed by atoms with Crippen molar-refractivity contribution in [3.8, 4) is 0 Å². The lowest BCUT2D eigenvalue weighted by molar-refractivity contribution is -0.119. The normalized spacial score (nSPS) is 11.4. The summed E-state index contributed by atoms with van der Waals surface area (Å²) in [6, 6.07) is 4.19. The zero-order valence-electron chi connectivity index (χ0n) is 15.6. The van der Waals surface area contributed by atoms with Crippen LogP contribution >= 0.6 is 11.3 Å². The van der Waals surface area contributed by atoms with Crippen LogP contribution in [-0.2, 0) is 11.3 Å². The number of carbonyl (C=O) groups excluding carboxylic acids is 1. The summed E-state index contributed by atoms with van der Waals surface area (Å²) in [5.74, 6) is -0.0253. The molecule has 0 N–H and O–H groups in total. The number of carbonyl (C=O) groups is 1. The van der Waals surface area contributed by atoms with Crippen LogP contribution in [0.25, 0.3) is 10.2 Å². The lowest BCUT2D eigenvalue weighted by Crippen LogP contribution is -2.36. The molecule has 0 unspecified atom stereocenters. The van der Waals surface area contributed by atoms with Crippen LogP contribution in [0, 0.1) is 13.8 Å². The topological polar surface area (TPSA) is 67.2 Å². The number of hydrogen-bond donors (Lipinski definition) is 0. The first-order chi connectivity index (χ1) is 12.5. The monoisotopic (exact) mass is 372 g/mol. The van der Waals surface area contributed by atoms with E-state index in [9.17, 15) is 4.79 Å². The van der Waals surface area contributed by atoms with Crippen molar-refractivity contribution < 1.29 is 4.79 Å². The number of fused-ring (bicyclic) bond motifs is 1. The fourth-order valence-corrected chi connectivity index (χ4v) is 3.81. The number of anilines is 1. The molecule has 0 aliphatic heterocycles. The molecule has 0 aliphatic carbocycles. The van der Waals surface area contributed by atoms with Gasteiger partial charge in [-0.3, -0.25) is 9.69 Å². The summed E-state index contributed by atoms with van der Waals surface area (Å²) in [6.07, 6.45) is 3.87. The predicted molar refractivity (Wildman–Crippen MR) is 105 cm³/mol. The van der Waals surface area contributed by atoms with E-state index in [1.54, 1.807) is 27.2 Å². The molecule has 0 radical (unpaired) electrons. The Hall–Kier alpha value is -2.32. The fraction of sp³-hybridized carbons (Fsp3) is 0.444. The van der Waals surface area contributed by atoms with Gasteiger partial charge in [0.25, 0.3) is 5.91 Å². The maximum atomic E-state index is 12.9. The Balaban J connectivity index is 1.88. The number of benzene rings is 1. The van der Waals surface area contributed by atoms with Crippen molar-refractivity contribution in [3.63, 3.8) is 0 Å². The highest BCUT2D eigenvalue weighted by Gasteiger charge is 2.21. The Morgan fingerprint density at radius 1 is 1.23 bits per heavy atom. The van der Waals surface area contributed by atoms with Crippen molar-refractivity contribution in [1.82, 2.24) is 24.6 Å². The Bertz CT molecular complexity index is 887. The molecule has 0 spiro atoms. The largest absolute Gasteiger partial charge is 0.309 e. The van der Waals surface area contributed by atoms with Crippen LogP contribution in [0.5, 0.6) is 0 Å². The average molecular weight is 372 g/mol. The van der Waals surface area contributed by atoms with Crippen molar-refractivity contribution >= 4 is 32.6 Å². The number of aryl methyl sites for hydroxylation is 2. The van der Waals surface area contributed by atoms with Crippen molar-refractivity contribution in [2.45, 2.75) is 26.8 Å². The second-order valence-corrected chi connectivity index (χ2v) is 7.66. The number of thiazole rings is 1. The highest BCUT2D eigenvalue weighted by atomic mass is 32.1. The third-order valence-corrected chi connectivity index (χ3v) is 5.40. The van der Waals surface area contributed by atoms with Gasteiger partial charge in [-0.1, -0.05) is 17.4 Å². The van der Waals surface area contributed by atoms with Crippen LogP contribution in [0.2, 0.25) is 0 Å². The summed E-state index contributed by atoms with van der Waals surface area (Å²) in [4.78, 5) is 25.5. The fourth-order valence-electron chi connectivity index (χ4n) is 2.74. The van der Waals surface area contributed by atoms with E-state index in [-0.39, 0.29) is 12.5 Å². The smallest absolute Gasteiger partial charge is 0.250 e. The van der Waals surface area contributed by atoms with Gasteiger partial charge in [-0.2, -0.15) is 5.10 Å². The summed E-state index contributed by atoms with van der Waals surface area (Å²) < 4.78 is 2.65. The zero-order chi connectivity index (χ0) is 18.7. The van der Waals surface area contributed by atoms with Gasteiger partial charge in [-0.15, -0.1) is 0 Å². The number of aromatic nitrogens is 4. The molecule has 0 fully saturated rings. The van der Waals surface area contributed by atoms with Crippen LogP contribution in [0.1, 0.15) is 17.5 Å². The molecular formula is C18H24N6OS. The van der Waals surface area contributed by atoms with Gasteiger partial charge >= 0.3 is 0 Å². The first kappa shape index (κ1) is 18.5. The molecule has 0 saturated heterocycles. The van der Waals surface area contributed by atoms with E-state index in [0.717, 1.165) is 28.3 Å². The molecule has 0 atom stereocenters. The van der Waals surface area contributed by atoms with E-state index in [4.69, 9.17) is 4.98 Å². The van der Waals surface area contributed by atoms with Gasteiger partial charge in [0, 0.05) is 6.54 Å². The van der Waals surface area contributed by atoms with Gasteiger partial charge in [0.05, 0.1) is 10.2 Å². The van der Waals surface area contributed by atoms with E-state index in [1.165, 1.54) is 17.5 Å². The molecule has 0 aliphatic rings. The maximum absolute atomic E-state index is 12.9. The second-order valence-electron chi connectivity index (χ2n) is 6.65. The maximum Gasteiger partial charge on any atom is 0.250 e. The average Bonchev–Trinajstić information content (AvgIpc) is 3.24. The Morgan fingerprint density at radius 3 is 2.73 bits per heavy atom. The minimum atomic E-state index is -0.0253. The predicted octanol–water partition coefficient (Wildman–Crippen LogP) is 2.49. The zero-order valence-corrected chi connectivity index (χ0v) is 16.5. The first-order valence-electron chi connectivity index (χ1n) is 8.60. The van der Waals surface area contributed by atoms with Crippen molar-refractivity contribution in [3.05, 3.63) is 35.9 Å². The molecule has 0 bridgehead atoms. The van der Waals surface area contributed by atoms with Crippen molar-refractivity contribution in [1.29, 1.82) is 0 Å². The van der Waals surface area contributed by atoms with Crippen LogP contribution in [-0.4, -0.2) is 57.7 Å². The molecule has 26 heavy (non-hydrogen) atoms. The molecule has 3 aromatic rings. The third kappa shape index (κ3) is 4.08. The molecule has 7 nitrogen and oxygen atoms in total. The Kier molecular flexibility index (Phi) is 5.63. The Morgan fingerprint density at radius 2 is 2.04 bits per heavy atom. The van der Waals surface area contributed by atoms with E-state index >= 15 is 0 Å². The second kappa shape index (κ2) is 7.92.